The molecule has 2 rings (SSSR count). The van der Waals surface area contributed by atoms with Crippen molar-refractivity contribution in [3.05, 3.63) is 47.4 Å². The van der Waals surface area contributed by atoms with E-state index in [4.69, 9.17) is 21.6 Å². The Labute approximate surface area is 97.1 Å². The molecule has 78 valence electrons. The third-order valence-electron chi connectivity index (χ3n) is 1.83. The molecule has 0 saturated carbocycles. The Morgan fingerprint density at radius 2 is 2.06 bits per heavy atom. The fraction of sp³-hybridized carbons (Fsp3) is 0. The minimum atomic E-state index is 0.291. The van der Waals surface area contributed by atoms with E-state index < -0.39 is 0 Å². The fourth-order valence-electron chi connectivity index (χ4n) is 1.13. The number of benzene rings is 1. The molecule has 0 saturated heterocycles. The number of halogens is 1. The molecule has 0 N–H and O–H groups in total. The van der Waals surface area contributed by atoms with Crippen molar-refractivity contribution in [2.75, 3.05) is 0 Å². The SMILES string of the molecule is N#Cc1ccccc1Oc1cc(Cl)ncn1. The summed E-state index contributed by atoms with van der Waals surface area (Å²) < 4.78 is 5.42. The first-order valence-electron chi connectivity index (χ1n) is 4.44. The van der Waals surface area contributed by atoms with Crippen LogP contribution in [-0.2, 0) is 0 Å². The van der Waals surface area contributed by atoms with Crippen LogP contribution in [-0.4, -0.2) is 9.97 Å². The van der Waals surface area contributed by atoms with Gasteiger partial charge >= 0.3 is 0 Å². The molecular formula is C11H6ClN3O. The van der Waals surface area contributed by atoms with Gasteiger partial charge in [-0.3, -0.25) is 0 Å². The van der Waals surface area contributed by atoms with E-state index >= 15 is 0 Å². The van der Waals surface area contributed by atoms with Crippen LogP contribution in [0, 0.1) is 11.3 Å². The van der Waals surface area contributed by atoms with Gasteiger partial charge in [-0.15, -0.1) is 0 Å². The van der Waals surface area contributed by atoms with Gasteiger partial charge in [-0.25, -0.2) is 9.97 Å². The molecule has 0 atom stereocenters. The number of hydrogen-bond acceptors (Lipinski definition) is 4. The molecule has 0 aliphatic rings. The number of nitriles is 1. The summed E-state index contributed by atoms with van der Waals surface area (Å²) in [5.74, 6) is 0.752. The first-order valence-corrected chi connectivity index (χ1v) is 4.82. The molecule has 16 heavy (non-hydrogen) atoms. The molecule has 0 bridgehead atoms. The summed E-state index contributed by atoms with van der Waals surface area (Å²) in [6, 6.07) is 10.4. The topological polar surface area (TPSA) is 58.8 Å². The largest absolute Gasteiger partial charge is 0.437 e. The maximum Gasteiger partial charge on any atom is 0.223 e. The summed E-state index contributed by atoms with van der Waals surface area (Å²) >= 11 is 5.69. The van der Waals surface area contributed by atoms with Crippen molar-refractivity contribution in [2.24, 2.45) is 0 Å². The Hall–Kier alpha value is -2.12. The van der Waals surface area contributed by atoms with Crippen LogP contribution in [0.1, 0.15) is 5.56 Å². The van der Waals surface area contributed by atoms with Gasteiger partial charge in [0.2, 0.25) is 5.88 Å². The van der Waals surface area contributed by atoms with E-state index in [-0.39, 0.29) is 0 Å². The molecule has 0 fully saturated rings. The predicted molar refractivity (Wildman–Crippen MR) is 58.3 cm³/mol. The molecule has 0 radical (unpaired) electrons. The van der Waals surface area contributed by atoms with Gasteiger partial charge < -0.3 is 4.74 Å². The zero-order valence-electron chi connectivity index (χ0n) is 8.09. The van der Waals surface area contributed by atoms with E-state index in [0.717, 1.165) is 0 Å². The van der Waals surface area contributed by atoms with E-state index in [2.05, 4.69) is 9.97 Å². The lowest BCUT2D eigenvalue weighted by Gasteiger charge is -2.05. The van der Waals surface area contributed by atoms with Gasteiger partial charge in [0.05, 0.1) is 5.56 Å². The first kappa shape index (κ1) is 10.4. The minimum Gasteiger partial charge on any atom is -0.437 e. The molecule has 0 aliphatic carbocycles. The summed E-state index contributed by atoms with van der Waals surface area (Å²) in [6.45, 7) is 0. The van der Waals surface area contributed by atoms with Crippen molar-refractivity contribution >= 4 is 11.6 Å². The van der Waals surface area contributed by atoms with E-state index in [1.807, 2.05) is 6.07 Å². The second-order valence-electron chi connectivity index (χ2n) is 2.89. The molecule has 0 spiro atoms. The number of para-hydroxylation sites is 1. The molecule has 0 aliphatic heterocycles. The highest BCUT2D eigenvalue weighted by atomic mass is 35.5. The zero-order chi connectivity index (χ0) is 11.4. The van der Waals surface area contributed by atoms with Crippen LogP contribution in [0.2, 0.25) is 5.15 Å². The predicted octanol–water partition coefficient (Wildman–Crippen LogP) is 2.79. The number of aromatic nitrogens is 2. The second-order valence-corrected chi connectivity index (χ2v) is 3.28. The van der Waals surface area contributed by atoms with Gasteiger partial charge in [-0.2, -0.15) is 5.26 Å². The maximum absolute atomic E-state index is 8.86. The van der Waals surface area contributed by atoms with Crippen LogP contribution in [0.4, 0.5) is 0 Å². The Morgan fingerprint density at radius 3 is 2.81 bits per heavy atom. The molecule has 1 heterocycles. The van der Waals surface area contributed by atoms with Crippen LogP contribution in [0.15, 0.2) is 36.7 Å². The Bertz CT molecular complexity index is 551. The average Bonchev–Trinajstić information content (AvgIpc) is 2.30. The summed E-state index contributed by atoms with van der Waals surface area (Å²) in [5, 5.41) is 9.15. The molecule has 0 amide bonds. The summed E-state index contributed by atoms with van der Waals surface area (Å²) in [7, 11) is 0. The molecule has 1 aromatic carbocycles. The summed E-state index contributed by atoms with van der Waals surface area (Å²) in [4.78, 5) is 7.62. The Balaban J connectivity index is 2.31. The van der Waals surface area contributed by atoms with Crippen LogP contribution in [0.5, 0.6) is 11.6 Å². The van der Waals surface area contributed by atoms with E-state index in [9.17, 15) is 0 Å². The number of ether oxygens (including phenoxy) is 1. The molecular weight excluding hydrogens is 226 g/mol. The van der Waals surface area contributed by atoms with E-state index in [1.54, 1.807) is 24.3 Å². The fourth-order valence-corrected chi connectivity index (χ4v) is 1.27. The van der Waals surface area contributed by atoms with Gasteiger partial charge in [0.15, 0.2) is 0 Å². The smallest absolute Gasteiger partial charge is 0.223 e. The average molecular weight is 232 g/mol. The highest BCUT2D eigenvalue weighted by Gasteiger charge is 2.04. The minimum absolute atomic E-state index is 0.291. The number of rotatable bonds is 2. The van der Waals surface area contributed by atoms with Gasteiger partial charge in [0.1, 0.15) is 23.3 Å². The standard InChI is InChI=1S/C11H6ClN3O/c12-10-5-11(15-7-14-10)16-9-4-2-1-3-8(9)6-13/h1-5,7H. The third kappa shape index (κ3) is 2.27. The van der Waals surface area contributed by atoms with Gasteiger partial charge in [-0.1, -0.05) is 23.7 Å². The van der Waals surface area contributed by atoms with Gasteiger partial charge in [-0.05, 0) is 12.1 Å². The molecule has 4 nitrogen and oxygen atoms in total. The lowest BCUT2D eigenvalue weighted by atomic mass is 10.2. The highest BCUT2D eigenvalue weighted by Crippen LogP contribution is 2.23. The highest BCUT2D eigenvalue weighted by molar-refractivity contribution is 6.29. The molecule has 2 aromatic rings. The normalized spacial score (nSPS) is 9.50. The van der Waals surface area contributed by atoms with Crippen molar-refractivity contribution in [3.63, 3.8) is 0 Å². The van der Waals surface area contributed by atoms with Crippen LogP contribution in [0.3, 0.4) is 0 Å². The van der Waals surface area contributed by atoms with Crippen LogP contribution in [0.25, 0.3) is 0 Å². The van der Waals surface area contributed by atoms with E-state index in [1.165, 1.54) is 12.4 Å². The monoisotopic (exact) mass is 231 g/mol. The summed E-state index contributed by atoms with van der Waals surface area (Å²) in [5.41, 5.74) is 0.442. The van der Waals surface area contributed by atoms with Crippen LogP contribution >= 0.6 is 11.6 Å². The van der Waals surface area contributed by atoms with Crippen molar-refractivity contribution in [1.82, 2.24) is 9.97 Å². The van der Waals surface area contributed by atoms with Gasteiger partial charge in [0, 0.05) is 6.07 Å². The lowest BCUT2D eigenvalue weighted by molar-refractivity contribution is 0.460. The Kier molecular flexibility index (Phi) is 2.99. The molecule has 5 heteroatoms. The number of hydrogen-bond donors (Lipinski definition) is 0. The quantitative estimate of drug-likeness (QED) is 0.746. The van der Waals surface area contributed by atoms with Crippen molar-refractivity contribution in [3.8, 4) is 17.7 Å². The van der Waals surface area contributed by atoms with Crippen molar-refractivity contribution in [2.45, 2.75) is 0 Å². The van der Waals surface area contributed by atoms with Gasteiger partial charge in [0.25, 0.3) is 0 Å². The zero-order valence-corrected chi connectivity index (χ0v) is 8.85. The molecule has 0 unspecified atom stereocenters. The Morgan fingerprint density at radius 1 is 1.25 bits per heavy atom. The lowest BCUT2D eigenvalue weighted by Crippen LogP contribution is -1.91. The third-order valence-corrected chi connectivity index (χ3v) is 2.04. The summed E-state index contributed by atoms with van der Waals surface area (Å²) in [6.07, 6.45) is 1.30. The number of nitrogens with zero attached hydrogens (tertiary/aromatic N) is 3. The maximum atomic E-state index is 8.86. The van der Waals surface area contributed by atoms with Crippen LogP contribution < -0.4 is 4.74 Å². The first-order chi connectivity index (χ1) is 7.79. The van der Waals surface area contributed by atoms with Crippen molar-refractivity contribution in [1.29, 1.82) is 5.26 Å². The second kappa shape index (κ2) is 4.60. The molecule has 1 aromatic heterocycles. The van der Waals surface area contributed by atoms with E-state index in [0.29, 0.717) is 22.3 Å². The van der Waals surface area contributed by atoms with Crippen molar-refractivity contribution < 1.29 is 4.74 Å².